The van der Waals surface area contributed by atoms with Gasteiger partial charge in [-0.25, -0.2) is 0 Å². The average Bonchev–Trinajstić information content (AvgIpc) is 2.70. The zero-order chi connectivity index (χ0) is 13.1. The van der Waals surface area contributed by atoms with Crippen molar-refractivity contribution in [2.45, 2.75) is 57.5 Å². The molecule has 3 rings (SSSR count). The van der Waals surface area contributed by atoms with Crippen LogP contribution in [0.1, 0.15) is 57.3 Å². The third kappa shape index (κ3) is 3.01. The van der Waals surface area contributed by atoms with Crippen LogP contribution < -0.4 is 5.32 Å². The lowest BCUT2D eigenvalue weighted by molar-refractivity contribution is 0.374. The van der Waals surface area contributed by atoms with E-state index in [2.05, 4.69) is 30.4 Å². The Morgan fingerprint density at radius 3 is 2.58 bits per heavy atom. The lowest BCUT2D eigenvalue weighted by Crippen LogP contribution is -2.30. The molecular formula is C17H23NO. The van der Waals surface area contributed by atoms with Gasteiger partial charge in [0.1, 0.15) is 11.3 Å². The highest BCUT2D eigenvalue weighted by Gasteiger charge is 2.17. The highest BCUT2D eigenvalue weighted by atomic mass is 16.3. The Bertz CT molecular complexity index is 490. The molecule has 1 aromatic heterocycles. The van der Waals surface area contributed by atoms with Crippen LogP contribution in [0, 0.1) is 0 Å². The molecule has 0 spiro atoms. The van der Waals surface area contributed by atoms with Crippen LogP contribution in [0.15, 0.2) is 34.7 Å². The molecule has 0 amide bonds. The molecule has 1 saturated carbocycles. The van der Waals surface area contributed by atoms with E-state index in [1.165, 1.54) is 43.9 Å². The summed E-state index contributed by atoms with van der Waals surface area (Å²) < 4.78 is 5.94. The number of hydrogen-bond acceptors (Lipinski definition) is 2. The highest BCUT2D eigenvalue weighted by Crippen LogP contribution is 2.25. The van der Waals surface area contributed by atoms with Gasteiger partial charge in [-0.05, 0) is 31.9 Å². The fourth-order valence-corrected chi connectivity index (χ4v) is 3.10. The van der Waals surface area contributed by atoms with Gasteiger partial charge in [0, 0.05) is 11.4 Å². The number of furan rings is 1. The van der Waals surface area contributed by atoms with Gasteiger partial charge < -0.3 is 9.73 Å². The van der Waals surface area contributed by atoms with Crippen LogP contribution in [0.4, 0.5) is 0 Å². The smallest absolute Gasteiger partial charge is 0.134 e. The maximum Gasteiger partial charge on any atom is 0.134 e. The number of rotatable bonds is 3. The fourth-order valence-electron chi connectivity index (χ4n) is 3.10. The maximum atomic E-state index is 5.94. The third-order valence-corrected chi connectivity index (χ3v) is 4.21. The van der Waals surface area contributed by atoms with E-state index in [0.29, 0.717) is 12.1 Å². The normalized spacial score (nSPS) is 19.4. The Hall–Kier alpha value is -1.28. The summed E-state index contributed by atoms with van der Waals surface area (Å²) in [7, 11) is 0. The molecule has 1 aliphatic rings. The van der Waals surface area contributed by atoms with Gasteiger partial charge in [-0.3, -0.25) is 0 Å². The first-order valence-corrected chi connectivity index (χ1v) is 7.57. The van der Waals surface area contributed by atoms with E-state index in [1.807, 2.05) is 12.1 Å². The summed E-state index contributed by atoms with van der Waals surface area (Å²) in [5.74, 6) is 1.06. The van der Waals surface area contributed by atoms with Crippen molar-refractivity contribution in [3.63, 3.8) is 0 Å². The van der Waals surface area contributed by atoms with Crippen molar-refractivity contribution in [1.82, 2.24) is 5.32 Å². The molecule has 1 aromatic carbocycles. The highest BCUT2D eigenvalue weighted by molar-refractivity contribution is 5.77. The summed E-state index contributed by atoms with van der Waals surface area (Å²) in [6, 6.07) is 11.4. The van der Waals surface area contributed by atoms with Gasteiger partial charge in [-0.2, -0.15) is 0 Å². The molecular weight excluding hydrogens is 234 g/mol. The minimum absolute atomic E-state index is 0.301. The summed E-state index contributed by atoms with van der Waals surface area (Å²) in [5.41, 5.74) is 0.993. The van der Waals surface area contributed by atoms with E-state index in [4.69, 9.17) is 4.42 Å². The summed E-state index contributed by atoms with van der Waals surface area (Å²) in [6.45, 7) is 2.21. The van der Waals surface area contributed by atoms with Crippen molar-refractivity contribution in [2.24, 2.45) is 0 Å². The SMILES string of the molecule is CC(NC1CCCCCC1)c1cc2ccccc2o1. The standard InChI is InChI=1S/C17H23NO/c1-13(18-15-9-4-2-3-5-10-15)17-12-14-8-6-7-11-16(14)19-17/h6-8,11-13,15,18H,2-5,9-10H2,1H3. The molecule has 102 valence electrons. The molecule has 2 aromatic rings. The molecule has 2 heteroatoms. The first kappa shape index (κ1) is 12.7. The molecule has 1 aliphatic carbocycles. The Labute approximate surface area is 115 Å². The first-order valence-electron chi connectivity index (χ1n) is 7.57. The minimum atomic E-state index is 0.301. The molecule has 19 heavy (non-hydrogen) atoms. The Kier molecular flexibility index (Phi) is 3.88. The van der Waals surface area contributed by atoms with Crippen molar-refractivity contribution in [2.75, 3.05) is 0 Å². The molecule has 1 unspecified atom stereocenters. The van der Waals surface area contributed by atoms with Crippen molar-refractivity contribution in [3.8, 4) is 0 Å². The second-order valence-electron chi connectivity index (χ2n) is 5.76. The van der Waals surface area contributed by atoms with Crippen LogP contribution in [-0.4, -0.2) is 6.04 Å². The molecule has 2 nitrogen and oxygen atoms in total. The van der Waals surface area contributed by atoms with Gasteiger partial charge in [-0.1, -0.05) is 43.9 Å². The Balaban J connectivity index is 1.70. The monoisotopic (exact) mass is 257 g/mol. The molecule has 1 fully saturated rings. The van der Waals surface area contributed by atoms with E-state index in [-0.39, 0.29) is 0 Å². The lowest BCUT2D eigenvalue weighted by atomic mass is 10.1. The van der Waals surface area contributed by atoms with Gasteiger partial charge in [0.25, 0.3) is 0 Å². The van der Waals surface area contributed by atoms with Crippen molar-refractivity contribution in [3.05, 3.63) is 36.1 Å². The predicted molar refractivity (Wildman–Crippen MR) is 79.3 cm³/mol. The number of fused-ring (bicyclic) bond motifs is 1. The van der Waals surface area contributed by atoms with Crippen LogP contribution >= 0.6 is 0 Å². The van der Waals surface area contributed by atoms with Gasteiger partial charge in [-0.15, -0.1) is 0 Å². The van der Waals surface area contributed by atoms with Crippen LogP contribution in [-0.2, 0) is 0 Å². The Morgan fingerprint density at radius 2 is 1.84 bits per heavy atom. The number of hydrogen-bond donors (Lipinski definition) is 1. The van der Waals surface area contributed by atoms with Crippen molar-refractivity contribution in [1.29, 1.82) is 0 Å². The molecule has 0 bridgehead atoms. The van der Waals surface area contributed by atoms with E-state index in [0.717, 1.165) is 11.3 Å². The second-order valence-corrected chi connectivity index (χ2v) is 5.76. The molecule has 0 saturated heterocycles. The van der Waals surface area contributed by atoms with Gasteiger partial charge in [0.2, 0.25) is 0 Å². The van der Waals surface area contributed by atoms with Crippen LogP contribution in [0.5, 0.6) is 0 Å². The predicted octanol–water partition coefficient (Wildman–Crippen LogP) is 4.81. The molecule has 0 radical (unpaired) electrons. The minimum Gasteiger partial charge on any atom is -0.459 e. The average molecular weight is 257 g/mol. The summed E-state index contributed by atoms with van der Waals surface area (Å²) in [6.07, 6.45) is 8.15. The second kappa shape index (κ2) is 5.79. The molecule has 1 atom stereocenters. The molecule has 1 N–H and O–H groups in total. The van der Waals surface area contributed by atoms with E-state index in [9.17, 15) is 0 Å². The van der Waals surface area contributed by atoms with Gasteiger partial charge >= 0.3 is 0 Å². The van der Waals surface area contributed by atoms with Crippen LogP contribution in [0.3, 0.4) is 0 Å². The van der Waals surface area contributed by atoms with Crippen LogP contribution in [0.2, 0.25) is 0 Å². The van der Waals surface area contributed by atoms with Gasteiger partial charge in [0.15, 0.2) is 0 Å². The topological polar surface area (TPSA) is 25.2 Å². The van der Waals surface area contributed by atoms with Crippen molar-refractivity contribution >= 4 is 11.0 Å². The van der Waals surface area contributed by atoms with Crippen LogP contribution in [0.25, 0.3) is 11.0 Å². The Morgan fingerprint density at radius 1 is 1.11 bits per heavy atom. The summed E-state index contributed by atoms with van der Waals surface area (Å²) >= 11 is 0. The van der Waals surface area contributed by atoms with E-state index < -0.39 is 0 Å². The quantitative estimate of drug-likeness (QED) is 0.798. The maximum absolute atomic E-state index is 5.94. The fraction of sp³-hybridized carbons (Fsp3) is 0.529. The number of benzene rings is 1. The molecule has 0 aliphatic heterocycles. The third-order valence-electron chi connectivity index (χ3n) is 4.21. The van der Waals surface area contributed by atoms with E-state index >= 15 is 0 Å². The van der Waals surface area contributed by atoms with Crippen molar-refractivity contribution < 1.29 is 4.42 Å². The van der Waals surface area contributed by atoms with Gasteiger partial charge in [0.05, 0.1) is 6.04 Å². The number of para-hydroxylation sites is 1. The zero-order valence-electron chi connectivity index (χ0n) is 11.7. The lowest BCUT2D eigenvalue weighted by Gasteiger charge is -2.20. The van der Waals surface area contributed by atoms with E-state index in [1.54, 1.807) is 0 Å². The first-order chi connectivity index (χ1) is 9.33. The zero-order valence-corrected chi connectivity index (χ0v) is 11.7. The summed E-state index contributed by atoms with van der Waals surface area (Å²) in [5, 5.41) is 4.94. The number of nitrogens with one attached hydrogen (secondary N) is 1. The molecule has 1 heterocycles. The summed E-state index contributed by atoms with van der Waals surface area (Å²) in [4.78, 5) is 0. The largest absolute Gasteiger partial charge is 0.459 e.